The van der Waals surface area contributed by atoms with Crippen LogP contribution in [0.3, 0.4) is 0 Å². The first kappa shape index (κ1) is 16.2. The van der Waals surface area contributed by atoms with Crippen molar-refractivity contribution < 1.29 is 9.53 Å². The summed E-state index contributed by atoms with van der Waals surface area (Å²) in [5.74, 6) is 1.66. The Bertz CT molecular complexity index is 782. The number of carbonyl (C=O) groups excluding carboxylic acids is 1. The van der Waals surface area contributed by atoms with Crippen molar-refractivity contribution >= 4 is 5.91 Å². The van der Waals surface area contributed by atoms with E-state index in [0.29, 0.717) is 12.3 Å². The van der Waals surface area contributed by atoms with Crippen LogP contribution in [-0.4, -0.2) is 24.0 Å². The number of benzene rings is 2. The van der Waals surface area contributed by atoms with Crippen LogP contribution in [0.15, 0.2) is 48.5 Å². The molecule has 0 radical (unpaired) electrons. The third-order valence-corrected chi connectivity index (χ3v) is 5.64. The highest BCUT2D eigenvalue weighted by molar-refractivity contribution is 5.79. The lowest BCUT2D eigenvalue weighted by molar-refractivity contribution is -0.132. The molecule has 0 saturated carbocycles. The number of fused-ring (bicyclic) bond motifs is 1. The van der Waals surface area contributed by atoms with Crippen molar-refractivity contribution in [1.82, 2.24) is 4.90 Å². The van der Waals surface area contributed by atoms with Crippen LogP contribution >= 0.6 is 0 Å². The van der Waals surface area contributed by atoms with Gasteiger partial charge in [-0.2, -0.15) is 0 Å². The molecule has 0 spiro atoms. The molecule has 0 aromatic heterocycles. The summed E-state index contributed by atoms with van der Waals surface area (Å²) in [6.45, 7) is 5.91. The average Bonchev–Trinajstić information content (AvgIpc) is 3.21. The van der Waals surface area contributed by atoms with E-state index in [4.69, 9.17) is 4.74 Å². The van der Waals surface area contributed by atoms with Crippen molar-refractivity contribution in [3.05, 3.63) is 65.2 Å². The normalized spacial score (nSPS) is 19.8. The first-order chi connectivity index (χ1) is 12.0. The summed E-state index contributed by atoms with van der Waals surface area (Å²) >= 11 is 0. The second kappa shape index (κ2) is 6.21. The van der Waals surface area contributed by atoms with Crippen molar-refractivity contribution in [3.63, 3.8) is 0 Å². The molecule has 0 aliphatic carbocycles. The fourth-order valence-corrected chi connectivity index (χ4v) is 4.13. The topological polar surface area (TPSA) is 29.5 Å². The predicted molar refractivity (Wildman–Crippen MR) is 98.6 cm³/mol. The molecule has 1 amide bonds. The SMILES string of the molecule is CC(C)(c1ccc2c(c1)CCO2)N1CC(Cc2ccccc2)CC1=O. The summed E-state index contributed by atoms with van der Waals surface area (Å²) in [6, 6.07) is 16.9. The molecule has 1 unspecified atom stereocenters. The van der Waals surface area contributed by atoms with E-state index in [9.17, 15) is 4.79 Å². The van der Waals surface area contributed by atoms with Crippen LogP contribution in [0.2, 0.25) is 0 Å². The second-order valence-electron chi connectivity index (χ2n) is 7.74. The van der Waals surface area contributed by atoms with Gasteiger partial charge in [-0.05, 0) is 55.0 Å². The van der Waals surface area contributed by atoms with E-state index in [-0.39, 0.29) is 11.4 Å². The van der Waals surface area contributed by atoms with Crippen molar-refractivity contribution in [3.8, 4) is 5.75 Å². The maximum atomic E-state index is 12.7. The van der Waals surface area contributed by atoms with E-state index < -0.39 is 0 Å². The Hall–Kier alpha value is -2.29. The van der Waals surface area contributed by atoms with E-state index in [1.54, 1.807) is 0 Å². The molecular formula is C22H25NO2. The first-order valence-electron chi connectivity index (χ1n) is 9.14. The number of rotatable bonds is 4. The molecule has 1 saturated heterocycles. The third-order valence-electron chi connectivity index (χ3n) is 5.64. The molecule has 2 heterocycles. The number of nitrogens with zero attached hydrogens (tertiary/aromatic N) is 1. The number of hydrogen-bond acceptors (Lipinski definition) is 2. The Morgan fingerprint density at radius 3 is 2.76 bits per heavy atom. The summed E-state index contributed by atoms with van der Waals surface area (Å²) < 4.78 is 5.62. The van der Waals surface area contributed by atoms with Gasteiger partial charge in [-0.15, -0.1) is 0 Å². The zero-order valence-electron chi connectivity index (χ0n) is 15.0. The molecule has 2 aliphatic rings. The first-order valence-corrected chi connectivity index (χ1v) is 9.14. The van der Waals surface area contributed by atoms with Gasteiger partial charge in [0.25, 0.3) is 0 Å². The zero-order chi connectivity index (χ0) is 17.4. The lowest BCUT2D eigenvalue weighted by Crippen LogP contribution is -2.42. The predicted octanol–water partition coefficient (Wildman–Crippen LogP) is 3.95. The summed E-state index contributed by atoms with van der Waals surface area (Å²) in [6.07, 6.45) is 2.58. The van der Waals surface area contributed by atoms with E-state index in [0.717, 1.165) is 31.7 Å². The van der Waals surface area contributed by atoms with Gasteiger partial charge in [0.05, 0.1) is 12.1 Å². The fraction of sp³-hybridized carbons (Fsp3) is 0.409. The Labute approximate surface area is 149 Å². The van der Waals surface area contributed by atoms with E-state index >= 15 is 0 Å². The van der Waals surface area contributed by atoms with Crippen molar-refractivity contribution in [2.75, 3.05) is 13.2 Å². The molecule has 1 fully saturated rings. The maximum absolute atomic E-state index is 12.7. The Morgan fingerprint density at radius 2 is 1.96 bits per heavy atom. The summed E-state index contributed by atoms with van der Waals surface area (Å²) in [5, 5.41) is 0. The minimum Gasteiger partial charge on any atom is -0.493 e. The van der Waals surface area contributed by atoms with Gasteiger partial charge < -0.3 is 9.64 Å². The molecule has 3 nitrogen and oxygen atoms in total. The molecule has 25 heavy (non-hydrogen) atoms. The van der Waals surface area contributed by atoms with Gasteiger partial charge in [0.1, 0.15) is 5.75 Å². The Morgan fingerprint density at radius 1 is 1.16 bits per heavy atom. The van der Waals surface area contributed by atoms with Crippen LogP contribution in [-0.2, 0) is 23.2 Å². The summed E-state index contributed by atoms with van der Waals surface area (Å²) in [4.78, 5) is 14.8. The lowest BCUT2D eigenvalue weighted by atomic mass is 9.90. The highest BCUT2D eigenvalue weighted by Crippen LogP contribution is 2.37. The average molecular weight is 335 g/mol. The molecular weight excluding hydrogens is 310 g/mol. The number of amides is 1. The van der Waals surface area contributed by atoms with Crippen molar-refractivity contribution in [2.24, 2.45) is 5.92 Å². The second-order valence-corrected chi connectivity index (χ2v) is 7.74. The summed E-state index contributed by atoms with van der Waals surface area (Å²) in [7, 11) is 0. The lowest BCUT2D eigenvalue weighted by Gasteiger charge is -2.36. The quantitative estimate of drug-likeness (QED) is 0.847. The molecule has 2 aliphatic heterocycles. The Kier molecular flexibility index (Phi) is 4.03. The highest BCUT2D eigenvalue weighted by atomic mass is 16.5. The number of likely N-dealkylation sites (tertiary alicyclic amines) is 1. The van der Waals surface area contributed by atoms with Crippen molar-refractivity contribution in [2.45, 2.75) is 38.6 Å². The van der Waals surface area contributed by atoms with Crippen LogP contribution in [0.4, 0.5) is 0 Å². The van der Waals surface area contributed by atoms with Gasteiger partial charge in [0, 0.05) is 19.4 Å². The number of carbonyl (C=O) groups is 1. The van der Waals surface area contributed by atoms with Gasteiger partial charge in [-0.1, -0.05) is 36.4 Å². The zero-order valence-corrected chi connectivity index (χ0v) is 15.0. The van der Waals surface area contributed by atoms with Gasteiger partial charge in [0.15, 0.2) is 0 Å². The number of ether oxygens (including phenoxy) is 1. The van der Waals surface area contributed by atoms with E-state index in [1.165, 1.54) is 16.7 Å². The van der Waals surface area contributed by atoms with Gasteiger partial charge in [-0.3, -0.25) is 4.79 Å². The fourth-order valence-electron chi connectivity index (χ4n) is 4.13. The van der Waals surface area contributed by atoms with Crippen LogP contribution in [0.25, 0.3) is 0 Å². The molecule has 0 bridgehead atoms. The largest absolute Gasteiger partial charge is 0.493 e. The van der Waals surface area contributed by atoms with Crippen LogP contribution in [0.5, 0.6) is 5.75 Å². The van der Waals surface area contributed by atoms with E-state index in [2.05, 4.69) is 61.2 Å². The molecule has 2 aromatic rings. The van der Waals surface area contributed by atoms with Crippen molar-refractivity contribution in [1.29, 1.82) is 0 Å². The minimum atomic E-state index is -0.292. The molecule has 3 heteroatoms. The molecule has 1 atom stereocenters. The minimum absolute atomic E-state index is 0.266. The van der Waals surface area contributed by atoms with Crippen LogP contribution in [0, 0.1) is 5.92 Å². The van der Waals surface area contributed by atoms with Crippen LogP contribution < -0.4 is 4.74 Å². The third kappa shape index (κ3) is 3.04. The van der Waals surface area contributed by atoms with Gasteiger partial charge >= 0.3 is 0 Å². The summed E-state index contributed by atoms with van der Waals surface area (Å²) in [5.41, 5.74) is 3.48. The van der Waals surface area contributed by atoms with Crippen LogP contribution in [0.1, 0.15) is 37.0 Å². The van der Waals surface area contributed by atoms with Gasteiger partial charge in [-0.25, -0.2) is 0 Å². The monoisotopic (exact) mass is 335 g/mol. The smallest absolute Gasteiger partial charge is 0.223 e. The van der Waals surface area contributed by atoms with Gasteiger partial charge in [0.2, 0.25) is 5.91 Å². The standard InChI is InChI=1S/C22H25NO2/c1-22(2,19-8-9-20-18(14-19)10-11-25-20)23-15-17(13-21(23)24)12-16-6-4-3-5-7-16/h3-9,14,17H,10-13,15H2,1-2H3. The molecule has 2 aromatic carbocycles. The number of hydrogen-bond donors (Lipinski definition) is 0. The molecule has 0 N–H and O–H groups in total. The highest BCUT2D eigenvalue weighted by Gasteiger charge is 2.40. The maximum Gasteiger partial charge on any atom is 0.223 e. The van der Waals surface area contributed by atoms with E-state index in [1.807, 2.05) is 6.07 Å². The molecule has 130 valence electrons. The Balaban J connectivity index is 1.53. The molecule has 4 rings (SSSR count).